The van der Waals surface area contributed by atoms with Crippen LogP contribution in [0.5, 0.6) is 0 Å². The van der Waals surface area contributed by atoms with E-state index in [0.29, 0.717) is 6.04 Å². The van der Waals surface area contributed by atoms with Crippen molar-refractivity contribution < 1.29 is 0 Å². The maximum atomic E-state index is 3.50. The zero-order chi connectivity index (χ0) is 11.4. The molecule has 1 unspecified atom stereocenters. The molecule has 0 heterocycles. The third kappa shape index (κ3) is 4.97. The zero-order valence-electron chi connectivity index (χ0n) is 11.0. The minimum absolute atomic E-state index is 0.215. The van der Waals surface area contributed by atoms with Crippen molar-refractivity contribution >= 4 is 0 Å². The van der Waals surface area contributed by atoms with E-state index < -0.39 is 0 Å². The smallest absolute Gasteiger partial charge is 0.0252 e. The van der Waals surface area contributed by atoms with E-state index in [0.717, 1.165) is 19.0 Å². The summed E-state index contributed by atoms with van der Waals surface area (Å²) < 4.78 is 0. The fraction of sp³-hybridized carbons (Fsp3) is 1.00. The van der Waals surface area contributed by atoms with Crippen LogP contribution in [0.4, 0.5) is 0 Å². The monoisotopic (exact) mass is 200 g/mol. The van der Waals surface area contributed by atoms with Crippen LogP contribution in [-0.4, -0.2) is 36.6 Å². The second-order valence-corrected chi connectivity index (χ2v) is 5.31. The molecular weight excluding hydrogens is 172 g/mol. The second kappa shape index (κ2) is 5.72. The van der Waals surface area contributed by atoms with Crippen molar-refractivity contribution in [3.63, 3.8) is 0 Å². The van der Waals surface area contributed by atoms with E-state index in [2.05, 4.69) is 58.8 Å². The van der Waals surface area contributed by atoms with Gasteiger partial charge in [0.25, 0.3) is 0 Å². The molecule has 0 aromatic rings. The minimum atomic E-state index is 0.215. The molecule has 14 heavy (non-hydrogen) atoms. The number of nitrogens with one attached hydrogen (secondary N) is 1. The van der Waals surface area contributed by atoms with E-state index in [1.165, 1.54) is 0 Å². The molecule has 0 fully saturated rings. The molecule has 0 aliphatic heterocycles. The fourth-order valence-electron chi connectivity index (χ4n) is 1.81. The second-order valence-electron chi connectivity index (χ2n) is 5.31. The number of rotatable bonds is 6. The molecule has 0 aliphatic carbocycles. The number of likely N-dealkylation sites (N-methyl/N-ethyl adjacent to an activating group) is 2. The van der Waals surface area contributed by atoms with Gasteiger partial charge >= 0.3 is 0 Å². The average Bonchev–Trinajstić information content (AvgIpc) is 2.01. The standard InChI is InChI=1S/C12H28N2/c1-8-13-12(5,6)9-14(7)11(4)10(2)3/h10-11,13H,8-9H2,1-7H3. The molecular formula is C12H28N2. The van der Waals surface area contributed by atoms with Crippen LogP contribution < -0.4 is 5.32 Å². The predicted octanol–water partition coefficient (Wildman–Crippen LogP) is 2.35. The summed E-state index contributed by atoms with van der Waals surface area (Å²) in [4.78, 5) is 2.44. The van der Waals surface area contributed by atoms with Gasteiger partial charge in [0.05, 0.1) is 0 Å². The first-order chi connectivity index (χ1) is 6.30. The Labute approximate surface area is 90.1 Å². The number of hydrogen-bond acceptors (Lipinski definition) is 2. The average molecular weight is 200 g/mol. The molecule has 2 nitrogen and oxygen atoms in total. The third-order valence-corrected chi connectivity index (χ3v) is 2.96. The maximum absolute atomic E-state index is 3.50. The lowest BCUT2D eigenvalue weighted by Crippen LogP contribution is -2.50. The van der Waals surface area contributed by atoms with E-state index in [1.54, 1.807) is 0 Å². The fourth-order valence-corrected chi connectivity index (χ4v) is 1.81. The summed E-state index contributed by atoms with van der Waals surface area (Å²) in [7, 11) is 2.21. The van der Waals surface area contributed by atoms with Crippen LogP contribution in [0.1, 0.15) is 41.5 Å². The maximum Gasteiger partial charge on any atom is 0.0252 e. The van der Waals surface area contributed by atoms with Crippen molar-refractivity contribution in [1.82, 2.24) is 10.2 Å². The van der Waals surface area contributed by atoms with Gasteiger partial charge in [0, 0.05) is 18.1 Å². The van der Waals surface area contributed by atoms with Gasteiger partial charge in [-0.15, -0.1) is 0 Å². The van der Waals surface area contributed by atoms with Crippen LogP contribution in [0.15, 0.2) is 0 Å². The van der Waals surface area contributed by atoms with Gasteiger partial charge in [-0.05, 0) is 40.3 Å². The molecule has 2 heteroatoms. The van der Waals surface area contributed by atoms with Crippen molar-refractivity contribution in [2.75, 3.05) is 20.1 Å². The van der Waals surface area contributed by atoms with Gasteiger partial charge in [-0.1, -0.05) is 20.8 Å². The van der Waals surface area contributed by atoms with Gasteiger partial charge < -0.3 is 10.2 Å². The molecule has 0 saturated heterocycles. The lowest BCUT2D eigenvalue weighted by Gasteiger charge is -2.36. The first kappa shape index (κ1) is 13.9. The van der Waals surface area contributed by atoms with Gasteiger partial charge in [-0.3, -0.25) is 0 Å². The van der Waals surface area contributed by atoms with Crippen LogP contribution in [0, 0.1) is 5.92 Å². The number of hydrogen-bond donors (Lipinski definition) is 1. The van der Waals surface area contributed by atoms with Gasteiger partial charge in [0.1, 0.15) is 0 Å². The van der Waals surface area contributed by atoms with Crippen molar-refractivity contribution in [3.8, 4) is 0 Å². The Morgan fingerprint density at radius 3 is 2.07 bits per heavy atom. The van der Waals surface area contributed by atoms with Crippen LogP contribution in [0.25, 0.3) is 0 Å². The summed E-state index contributed by atoms with van der Waals surface area (Å²) >= 11 is 0. The molecule has 0 aromatic heterocycles. The van der Waals surface area contributed by atoms with Crippen LogP contribution in [0.3, 0.4) is 0 Å². The van der Waals surface area contributed by atoms with E-state index in [1.807, 2.05) is 0 Å². The Morgan fingerprint density at radius 1 is 1.21 bits per heavy atom. The van der Waals surface area contributed by atoms with Crippen LogP contribution in [-0.2, 0) is 0 Å². The quantitative estimate of drug-likeness (QED) is 0.708. The summed E-state index contributed by atoms with van der Waals surface area (Å²) in [5, 5.41) is 3.50. The molecule has 0 spiro atoms. The predicted molar refractivity (Wildman–Crippen MR) is 64.7 cm³/mol. The topological polar surface area (TPSA) is 15.3 Å². The molecule has 0 radical (unpaired) electrons. The van der Waals surface area contributed by atoms with E-state index in [-0.39, 0.29) is 5.54 Å². The van der Waals surface area contributed by atoms with Gasteiger partial charge in [0.15, 0.2) is 0 Å². The van der Waals surface area contributed by atoms with Crippen LogP contribution >= 0.6 is 0 Å². The van der Waals surface area contributed by atoms with E-state index >= 15 is 0 Å². The summed E-state index contributed by atoms with van der Waals surface area (Å²) in [6.45, 7) is 15.7. The highest BCUT2D eigenvalue weighted by atomic mass is 15.2. The summed E-state index contributed by atoms with van der Waals surface area (Å²) in [5.74, 6) is 0.720. The summed E-state index contributed by atoms with van der Waals surface area (Å²) in [6, 6.07) is 0.646. The van der Waals surface area contributed by atoms with Gasteiger partial charge in [-0.25, -0.2) is 0 Å². The first-order valence-corrected chi connectivity index (χ1v) is 5.75. The minimum Gasteiger partial charge on any atom is -0.311 e. The zero-order valence-corrected chi connectivity index (χ0v) is 11.0. The first-order valence-electron chi connectivity index (χ1n) is 5.75. The number of nitrogens with zero attached hydrogens (tertiary/aromatic N) is 1. The Balaban J connectivity index is 4.09. The third-order valence-electron chi connectivity index (χ3n) is 2.96. The highest BCUT2D eigenvalue weighted by molar-refractivity contribution is 4.82. The highest BCUT2D eigenvalue weighted by Gasteiger charge is 2.22. The molecule has 86 valence electrons. The lowest BCUT2D eigenvalue weighted by atomic mass is 10.0. The summed E-state index contributed by atoms with van der Waals surface area (Å²) in [6.07, 6.45) is 0. The molecule has 0 bridgehead atoms. The van der Waals surface area contributed by atoms with E-state index in [9.17, 15) is 0 Å². The van der Waals surface area contributed by atoms with Crippen molar-refractivity contribution in [1.29, 1.82) is 0 Å². The SMILES string of the molecule is CCNC(C)(C)CN(C)C(C)C(C)C. The Hall–Kier alpha value is -0.0800. The van der Waals surface area contributed by atoms with E-state index in [4.69, 9.17) is 0 Å². The van der Waals surface area contributed by atoms with Crippen LogP contribution in [0.2, 0.25) is 0 Å². The van der Waals surface area contributed by atoms with Gasteiger partial charge in [-0.2, -0.15) is 0 Å². The molecule has 0 saturated carbocycles. The van der Waals surface area contributed by atoms with Crippen molar-refractivity contribution in [3.05, 3.63) is 0 Å². The Kier molecular flexibility index (Phi) is 5.68. The molecule has 0 aromatic carbocycles. The molecule has 1 N–H and O–H groups in total. The van der Waals surface area contributed by atoms with Crippen molar-refractivity contribution in [2.24, 2.45) is 5.92 Å². The molecule has 0 rings (SSSR count). The van der Waals surface area contributed by atoms with Crippen molar-refractivity contribution in [2.45, 2.75) is 53.1 Å². The normalized spacial score (nSPS) is 15.2. The summed E-state index contributed by atoms with van der Waals surface area (Å²) in [5.41, 5.74) is 0.215. The lowest BCUT2D eigenvalue weighted by molar-refractivity contribution is 0.160. The Bertz CT molecular complexity index is 152. The Morgan fingerprint density at radius 2 is 1.71 bits per heavy atom. The molecule has 1 atom stereocenters. The largest absolute Gasteiger partial charge is 0.311 e. The highest BCUT2D eigenvalue weighted by Crippen LogP contribution is 2.12. The molecule has 0 amide bonds. The molecule has 0 aliphatic rings. The van der Waals surface area contributed by atoms with Gasteiger partial charge in [0.2, 0.25) is 0 Å².